The van der Waals surface area contributed by atoms with E-state index in [1.165, 1.54) is 19.1 Å². The summed E-state index contributed by atoms with van der Waals surface area (Å²) in [4.78, 5) is 37.2. The maximum absolute atomic E-state index is 12.9. The van der Waals surface area contributed by atoms with Gasteiger partial charge in [0.15, 0.2) is 5.82 Å². The number of ether oxygens (including phenoxy) is 2. The number of nitrogens with one attached hydrogen (secondary N) is 1. The van der Waals surface area contributed by atoms with Crippen molar-refractivity contribution in [3.8, 4) is 5.75 Å². The van der Waals surface area contributed by atoms with Crippen molar-refractivity contribution in [3.63, 3.8) is 0 Å². The number of aromatic nitrogens is 2. The molecule has 3 aromatic rings. The minimum absolute atomic E-state index is 0.141. The molecular formula is C22H21N5O4. The Kier molecular flexibility index (Phi) is 5.16. The molecule has 158 valence electrons. The van der Waals surface area contributed by atoms with Crippen LogP contribution in [0.5, 0.6) is 5.75 Å². The first kappa shape index (κ1) is 20.1. The number of rotatable bonds is 4. The second kappa shape index (κ2) is 7.94. The van der Waals surface area contributed by atoms with Crippen molar-refractivity contribution in [1.29, 1.82) is 0 Å². The average molecular weight is 419 g/mol. The third kappa shape index (κ3) is 3.50. The van der Waals surface area contributed by atoms with Crippen molar-refractivity contribution < 1.29 is 19.1 Å². The van der Waals surface area contributed by atoms with Crippen LogP contribution in [0.15, 0.2) is 48.7 Å². The molecule has 2 aromatic carbocycles. The number of carbonyl (C=O) groups is 2. The number of anilines is 5. The maximum Gasteiger partial charge on any atom is 0.337 e. The van der Waals surface area contributed by atoms with E-state index in [2.05, 4.69) is 15.3 Å². The summed E-state index contributed by atoms with van der Waals surface area (Å²) < 4.78 is 10.2. The molecular weight excluding hydrogens is 398 g/mol. The van der Waals surface area contributed by atoms with Gasteiger partial charge in [0.1, 0.15) is 11.4 Å². The van der Waals surface area contributed by atoms with E-state index in [1.807, 2.05) is 30.1 Å². The summed E-state index contributed by atoms with van der Waals surface area (Å²) in [6.45, 7) is 0. The topological polar surface area (TPSA) is 96.9 Å². The number of esters is 1. The molecule has 0 atom stereocenters. The first-order chi connectivity index (χ1) is 14.9. The van der Waals surface area contributed by atoms with Crippen molar-refractivity contribution >= 4 is 40.7 Å². The Bertz CT molecular complexity index is 1180. The van der Waals surface area contributed by atoms with E-state index in [1.54, 1.807) is 37.5 Å². The molecule has 1 aliphatic heterocycles. The smallest absolute Gasteiger partial charge is 0.337 e. The summed E-state index contributed by atoms with van der Waals surface area (Å²) >= 11 is 0. The summed E-state index contributed by atoms with van der Waals surface area (Å²) in [5, 5.41) is 3.10. The van der Waals surface area contributed by atoms with Gasteiger partial charge in [-0.1, -0.05) is 12.1 Å². The molecule has 31 heavy (non-hydrogen) atoms. The van der Waals surface area contributed by atoms with Crippen LogP contribution in [0.4, 0.5) is 28.8 Å². The number of para-hydroxylation sites is 1. The predicted molar refractivity (Wildman–Crippen MR) is 117 cm³/mol. The van der Waals surface area contributed by atoms with Crippen molar-refractivity contribution in [1.82, 2.24) is 9.97 Å². The summed E-state index contributed by atoms with van der Waals surface area (Å²) in [6, 6.07) is 12.2. The normalized spacial score (nSPS) is 12.6. The zero-order chi connectivity index (χ0) is 22.1. The number of benzene rings is 2. The Labute approximate surface area is 179 Å². The Morgan fingerprint density at radius 3 is 2.55 bits per heavy atom. The van der Waals surface area contributed by atoms with Gasteiger partial charge in [-0.15, -0.1) is 0 Å². The molecule has 9 heteroatoms. The molecule has 1 aromatic heterocycles. The van der Waals surface area contributed by atoms with E-state index in [-0.39, 0.29) is 11.9 Å². The molecule has 0 saturated carbocycles. The van der Waals surface area contributed by atoms with E-state index in [9.17, 15) is 9.59 Å². The minimum atomic E-state index is -0.468. The van der Waals surface area contributed by atoms with Crippen molar-refractivity contribution in [2.45, 2.75) is 0 Å². The van der Waals surface area contributed by atoms with E-state index >= 15 is 0 Å². The first-order valence-corrected chi connectivity index (χ1v) is 9.45. The number of amides is 1. The molecule has 1 aliphatic rings. The van der Waals surface area contributed by atoms with Gasteiger partial charge < -0.3 is 24.6 Å². The van der Waals surface area contributed by atoms with E-state index in [4.69, 9.17) is 9.47 Å². The van der Waals surface area contributed by atoms with E-state index < -0.39 is 5.97 Å². The Morgan fingerprint density at radius 2 is 1.81 bits per heavy atom. The van der Waals surface area contributed by atoms with Crippen LogP contribution in [0.25, 0.3) is 0 Å². The zero-order valence-corrected chi connectivity index (χ0v) is 17.5. The lowest BCUT2D eigenvalue weighted by molar-refractivity contribution is 0.0600. The van der Waals surface area contributed by atoms with Gasteiger partial charge in [-0.05, 0) is 30.3 Å². The van der Waals surface area contributed by atoms with Crippen LogP contribution in [0, 0.1) is 0 Å². The average Bonchev–Trinajstić information content (AvgIpc) is 2.88. The largest absolute Gasteiger partial charge is 0.495 e. The fourth-order valence-electron chi connectivity index (χ4n) is 3.43. The third-order valence-electron chi connectivity index (χ3n) is 5.10. The number of carbonyl (C=O) groups excluding carboxylic acids is 2. The van der Waals surface area contributed by atoms with Crippen molar-refractivity contribution in [2.75, 3.05) is 43.4 Å². The van der Waals surface area contributed by atoms with Gasteiger partial charge in [-0.25, -0.2) is 9.78 Å². The molecule has 0 aliphatic carbocycles. The number of fused-ring (bicyclic) bond motifs is 2. The number of methoxy groups -OCH3 is 2. The van der Waals surface area contributed by atoms with Crippen LogP contribution in [-0.2, 0) is 4.74 Å². The third-order valence-corrected chi connectivity index (χ3v) is 5.10. The van der Waals surface area contributed by atoms with Gasteiger partial charge in [-0.3, -0.25) is 4.79 Å². The highest BCUT2D eigenvalue weighted by atomic mass is 16.5. The highest BCUT2D eigenvalue weighted by Gasteiger charge is 2.28. The molecule has 0 radical (unpaired) electrons. The van der Waals surface area contributed by atoms with Gasteiger partial charge >= 0.3 is 5.97 Å². The fraction of sp³-hybridized carbons (Fsp3) is 0.182. The Hall–Kier alpha value is -4.14. The van der Waals surface area contributed by atoms with Crippen LogP contribution in [0.2, 0.25) is 0 Å². The lowest BCUT2D eigenvalue weighted by atomic mass is 10.1. The summed E-state index contributed by atoms with van der Waals surface area (Å²) in [5.41, 5.74) is 2.76. The Morgan fingerprint density at radius 1 is 1.03 bits per heavy atom. The summed E-state index contributed by atoms with van der Waals surface area (Å²) in [6.07, 6.45) is 1.58. The van der Waals surface area contributed by atoms with E-state index in [0.717, 1.165) is 5.69 Å². The zero-order valence-electron chi connectivity index (χ0n) is 17.5. The molecule has 0 bridgehead atoms. The van der Waals surface area contributed by atoms with Crippen LogP contribution in [-0.4, -0.2) is 50.2 Å². The predicted octanol–water partition coefficient (Wildman–Crippen LogP) is 3.37. The molecule has 1 N–H and O–H groups in total. The van der Waals surface area contributed by atoms with Crippen molar-refractivity contribution in [2.24, 2.45) is 0 Å². The first-order valence-electron chi connectivity index (χ1n) is 9.45. The monoisotopic (exact) mass is 419 g/mol. The highest BCUT2D eigenvalue weighted by molar-refractivity contribution is 6.13. The van der Waals surface area contributed by atoms with Gasteiger partial charge in [-0.2, -0.15) is 4.98 Å². The van der Waals surface area contributed by atoms with E-state index in [0.29, 0.717) is 34.1 Å². The van der Waals surface area contributed by atoms with Crippen molar-refractivity contribution in [3.05, 3.63) is 59.8 Å². The summed E-state index contributed by atoms with van der Waals surface area (Å²) in [5.74, 6) is 0.743. The number of hydrogen-bond donors (Lipinski definition) is 1. The van der Waals surface area contributed by atoms with Gasteiger partial charge in [0.05, 0.1) is 42.9 Å². The lowest BCUT2D eigenvalue weighted by Gasteiger charge is -2.21. The second-order valence-electron chi connectivity index (χ2n) is 6.87. The molecule has 0 spiro atoms. The quantitative estimate of drug-likeness (QED) is 0.643. The van der Waals surface area contributed by atoms with Crippen LogP contribution >= 0.6 is 0 Å². The Balaban J connectivity index is 1.77. The molecule has 4 rings (SSSR count). The SMILES string of the molecule is COC(=O)c1ccc(OC)c(Nc2ncc3c(n2)N(C)c2ccccc2C(=O)N3C)c1. The molecule has 0 saturated heterocycles. The molecule has 0 fully saturated rings. The van der Waals surface area contributed by atoms with Crippen LogP contribution in [0.3, 0.4) is 0 Å². The van der Waals surface area contributed by atoms with Gasteiger partial charge in [0.2, 0.25) is 5.95 Å². The fourth-order valence-corrected chi connectivity index (χ4v) is 3.43. The van der Waals surface area contributed by atoms with Crippen LogP contribution in [0.1, 0.15) is 20.7 Å². The standard InChI is InChI=1S/C22H21N5O4/c1-26-16-8-6-5-7-14(16)20(28)27(2)17-12-23-22(25-19(17)26)24-15-11-13(21(29)31-4)9-10-18(15)30-3/h5-12H,1-4H3,(H,23,24,25). The van der Waals surface area contributed by atoms with Gasteiger partial charge in [0.25, 0.3) is 5.91 Å². The minimum Gasteiger partial charge on any atom is -0.495 e. The molecule has 1 amide bonds. The summed E-state index contributed by atoms with van der Waals surface area (Å²) in [7, 11) is 6.39. The maximum atomic E-state index is 12.9. The number of nitrogens with zero attached hydrogens (tertiary/aromatic N) is 4. The van der Waals surface area contributed by atoms with Crippen LogP contribution < -0.4 is 19.9 Å². The lowest BCUT2D eigenvalue weighted by Crippen LogP contribution is -2.25. The molecule has 0 unspecified atom stereocenters. The molecule has 2 heterocycles. The number of hydrogen-bond acceptors (Lipinski definition) is 8. The highest BCUT2D eigenvalue weighted by Crippen LogP contribution is 2.38. The van der Waals surface area contributed by atoms with Gasteiger partial charge in [0, 0.05) is 14.1 Å². The molecule has 9 nitrogen and oxygen atoms in total. The second-order valence-corrected chi connectivity index (χ2v) is 6.87.